The first-order valence-electron chi connectivity index (χ1n) is 9.56. The molecule has 1 N–H and O–H groups in total. The summed E-state index contributed by atoms with van der Waals surface area (Å²) in [5, 5.41) is 2.95. The van der Waals surface area contributed by atoms with E-state index in [1.54, 1.807) is 18.0 Å². The molecule has 1 saturated heterocycles. The van der Waals surface area contributed by atoms with Crippen LogP contribution < -0.4 is 5.32 Å². The minimum absolute atomic E-state index is 0.0765. The van der Waals surface area contributed by atoms with Crippen molar-refractivity contribution in [3.63, 3.8) is 0 Å². The third-order valence-corrected chi connectivity index (χ3v) is 7.04. The molecule has 0 saturated carbocycles. The van der Waals surface area contributed by atoms with Gasteiger partial charge >= 0.3 is 0 Å². The van der Waals surface area contributed by atoms with E-state index in [1.807, 2.05) is 36.4 Å². The number of nitrogens with one attached hydrogen (secondary N) is 1. The second-order valence-electron chi connectivity index (χ2n) is 7.03. The average Bonchev–Trinajstić information content (AvgIpc) is 3.21. The van der Waals surface area contributed by atoms with Crippen molar-refractivity contribution in [2.45, 2.75) is 12.3 Å². The lowest BCUT2D eigenvalue weighted by Crippen LogP contribution is -2.47. The Morgan fingerprint density at radius 2 is 1.97 bits per heavy atom. The molecule has 1 aliphatic heterocycles. The van der Waals surface area contributed by atoms with Crippen molar-refractivity contribution >= 4 is 27.7 Å². The Labute approximate surface area is 176 Å². The van der Waals surface area contributed by atoms with E-state index in [-0.39, 0.29) is 5.91 Å². The quantitative estimate of drug-likeness (QED) is 0.605. The van der Waals surface area contributed by atoms with Crippen LogP contribution in [-0.2, 0) is 22.3 Å². The van der Waals surface area contributed by atoms with Crippen LogP contribution in [-0.4, -0.2) is 68.3 Å². The third kappa shape index (κ3) is 6.88. The zero-order valence-corrected chi connectivity index (χ0v) is 18.2. The number of benzene rings is 1. The molecule has 7 nitrogen and oxygen atoms in total. The molecule has 1 fully saturated rings. The Hall–Kier alpha value is -1.81. The Kier molecular flexibility index (Phi) is 7.77. The van der Waals surface area contributed by atoms with E-state index in [0.717, 1.165) is 22.8 Å². The highest BCUT2D eigenvalue weighted by Crippen LogP contribution is 2.13. The molecule has 0 radical (unpaired) electrons. The topological polar surface area (TPSA) is 82.9 Å². The first-order valence-corrected chi connectivity index (χ1v) is 12.6. The minimum Gasteiger partial charge on any atom is -0.468 e. The van der Waals surface area contributed by atoms with Crippen molar-refractivity contribution in [2.75, 3.05) is 44.7 Å². The fourth-order valence-corrected chi connectivity index (χ4v) is 4.78. The molecule has 0 atom stereocenters. The Morgan fingerprint density at radius 3 is 2.66 bits per heavy atom. The van der Waals surface area contributed by atoms with Crippen LogP contribution >= 0.6 is 11.8 Å². The molecule has 0 spiro atoms. The van der Waals surface area contributed by atoms with Gasteiger partial charge in [-0.05, 0) is 29.8 Å². The molecule has 0 bridgehead atoms. The lowest BCUT2D eigenvalue weighted by atomic mass is 10.1. The molecular weight excluding hydrogens is 410 g/mol. The number of hydrogen-bond acceptors (Lipinski definition) is 6. The van der Waals surface area contributed by atoms with E-state index >= 15 is 0 Å². The highest BCUT2D eigenvalue weighted by molar-refractivity contribution is 7.98. The summed E-state index contributed by atoms with van der Waals surface area (Å²) in [6, 6.07) is 11.4. The SMILES string of the molecule is CS(=O)(=O)N1CCN(Cc2cccc(C(=O)NCCSCc3ccco3)c2)CC1. The number of piperazine rings is 1. The van der Waals surface area contributed by atoms with Gasteiger partial charge < -0.3 is 9.73 Å². The maximum absolute atomic E-state index is 12.4. The van der Waals surface area contributed by atoms with E-state index < -0.39 is 10.0 Å². The van der Waals surface area contributed by atoms with Crippen LogP contribution in [0.4, 0.5) is 0 Å². The van der Waals surface area contributed by atoms with Gasteiger partial charge in [-0.2, -0.15) is 16.1 Å². The van der Waals surface area contributed by atoms with Gasteiger partial charge in [0.15, 0.2) is 0 Å². The van der Waals surface area contributed by atoms with Gasteiger partial charge in [0, 0.05) is 50.6 Å². The molecule has 0 unspecified atom stereocenters. The molecule has 158 valence electrons. The number of nitrogens with zero attached hydrogens (tertiary/aromatic N) is 2. The number of rotatable bonds is 9. The van der Waals surface area contributed by atoms with E-state index in [0.29, 0.717) is 44.8 Å². The largest absolute Gasteiger partial charge is 0.468 e. The summed E-state index contributed by atoms with van der Waals surface area (Å²) in [5.41, 5.74) is 1.70. The molecule has 0 aliphatic carbocycles. The normalized spacial score (nSPS) is 16.0. The summed E-state index contributed by atoms with van der Waals surface area (Å²) in [7, 11) is -3.12. The van der Waals surface area contributed by atoms with Gasteiger partial charge in [0.05, 0.1) is 18.3 Å². The van der Waals surface area contributed by atoms with E-state index in [1.165, 1.54) is 10.6 Å². The first-order chi connectivity index (χ1) is 13.9. The standard InChI is InChI=1S/C20H27N3O4S2/c1-29(25,26)23-10-8-22(9-11-23)15-17-4-2-5-18(14-17)20(24)21-7-13-28-16-19-6-3-12-27-19/h2-6,12,14H,7-11,13,15-16H2,1H3,(H,21,24). The van der Waals surface area contributed by atoms with Crippen LogP contribution in [0.5, 0.6) is 0 Å². The highest BCUT2D eigenvalue weighted by Gasteiger charge is 2.23. The number of amides is 1. The summed E-state index contributed by atoms with van der Waals surface area (Å²) in [4.78, 5) is 14.6. The molecular formula is C20H27N3O4S2. The van der Waals surface area contributed by atoms with Crippen molar-refractivity contribution in [2.24, 2.45) is 0 Å². The van der Waals surface area contributed by atoms with Crippen LogP contribution in [0, 0.1) is 0 Å². The van der Waals surface area contributed by atoms with Gasteiger partial charge in [-0.1, -0.05) is 12.1 Å². The van der Waals surface area contributed by atoms with Crippen LogP contribution in [0.15, 0.2) is 47.1 Å². The zero-order chi connectivity index (χ0) is 20.7. The van der Waals surface area contributed by atoms with Crippen molar-refractivity contribution in [1.82, 2.24) is 14.5 Å². The van der Waals surface area contributed by atoms with Gasteiger partial charge in [-0.15, -0.1) is 0 Å². The third-order valence-electron chi connectivity index (χ3n) is 4.75. The Morgan fingerprint density at radius 1 is 1.17 bits per heavy atom. The second kappa shape index (κ2) is 10.3. The molecule has 2 heterocycles. The molecule has 3 rings (SSSR count). The lowest BCUT2D eigenvalue weighted by molar-refractivity contribution is 0.0956. The smallest absolute Gasteiger partial charge is 0.251 e. The molecule has 1 aromatic carbocycles. The number of sulfonamides is 1. The fraction of sp³-hybridized carbons (Fsp3) is 0.450. The summed E-state index contributed by atoms with van der Waals surface area (Å²) >= 11 is 1.71. The highest BCUT2D eigenvalue weighted by atomic mass is 32.2. The van der Waals surface area contributed by atoms with Gasteiger partial charge in [0.2, 0.25) is 10.0 Å². The maximum Gasteiger partial charge on any atom is 0.251 e. The van der Waals surface area contributed by atoms with E-state index in [9.17, 15) is 13.2 Å². The fourth-order valence-electron chi connectivity index (χ4n) is 3.19. The lowest BCUT2D eigenvalue weighted by Gasteiger charge is -2.33. The van der Waals surface area contributed by atoms with Crippen LogP contribution in [0.2, 0.25) is 0 Å². The molecule has 2 aromatic rings. The molecule has 29 heavy (non-hydrogen) atoms. The van der Waals surface area contributed by atoms with Crippen LogP contribution in [0.1, 0.15) is 21.7 Å². The van der Waals surface area contributed by atoms with E-state index in [4.69, 9.17) is 4.42 Å². The van der Waals surface area contributed by atoms with Crippen molar-refractivity contribution < 1.29 is 17.6 Å². The van der Waals surface area contributed by atoms with Gasteiger partial charge in [0.25, 0.3) is 5.91 Å². The summed E-state index contributed by atoms with van der Waals surface area (Å²) < 4.78 is 30.0. The summed E-state index contributed by atoms with van der Waals surface area (Å²) in [6.45, 7) is 3.70. The van der Waals surface area contributed by atoms with Crippen LogP contribution in [0.3, 0.4) is 0 Å². The van der Waals surface area contributed by atoms with Gasteiger partial charge in [-0.25, -0.2) is 8.42 Å². The number of carbonyl (C=O) groups excluding carboxylic acids is 1. The summed E-state index contributed by atoms with van der Waals surface area (Å²) in [5.74, 6) is 2.47. The number of hydrogen-bond donors (Lipinski definition) is 1. The Bertz CT molecular complexity index is 892. The monoisotopic (exact) mass is 437 g/mol. The number of thioether (sulfide) groups is 1. The van der Waals surface area contributed by atoms with Crippen molar-refractivity contribution in [1.29, 1.82) is 0 Å². The Balaban J connectivity index is 1.42. The molecule has 1 aromatic heterocycles. The average molecular weight is 438 g/mol. The van der Waals surface area contributed by atoms with Crippen molar-refractivity contribution in [3.8, 4) is 0 Å². The van der Waals surface area contributed by atoms with Crippen LogP contribution in [0.25, 0.3) is 0 Å². The molecule has 9 heteroatoms. The van der Waals surface area contributed by atoms with E-state index in [2.05, 4.69) is 10.2 Å². The predicted molar refractivity (Wildman–Crippen MR) is 115 cm³/mol. The van der Waals surface area contributed by atoms with Crippen molar-refractivity contribution in [3.05, 3.63) is 59.5 Å². The summed E-state index contributed by atoms with van der Waals surface area (Å²) in [6.07, 6.45) is 2.91. The predicted octanol–water partition coefficient (Wildman–Crippen LogP) is 2.02. The second-order valence-corrected chi connectivity index (χ2v) is 10.1. The molecule has 1 aliphatic rings. The minimum atomic E-state index is -3.12. The zero-order valence-electron chi connectivity index (χ0n) is 16.5. The van der Waals surface area contributed by atoms with Gasteiger partial charge in [-0.3, -0.25) is 9.69 Å². The first kappa shape index (κ1) is 21.9. The number of carbonyl (C=O) groups is 1. The maximum atomic E-state index is 12.4. The number of furan rings is 1. The molecule has 1 amide bonds. The van der Waals surface area contributed by atoms with Gasteiger partial charge in [0.1, 0.15) is 5.76 Å².